The third kappa shape index (κ3) is 7.49. The molecule has 0 aromatic heterocycles. The molecule has 0 saturated heterocycles. The van der Waals surface area contributed by atoms with E-state index in [0.717, 1.165) is 44.9 Å². The van der Waals surface area contributed by atoms with Crippen molar-refractivity contribution in [2.75, 3.05) is 0 Å². The molecule has 0 aliphatic heterocycles. The van der Waals surface area contributed by atoms with Gasteiger partial charge in [0, 0.05) is 5.92 Å². The minimum atomic E-state index is -0.896. The van der Waals surface area contributed by atoms with Crippen molar-refractivity contribution in [1.82, 2.24) is 5.32 Å². The van der Waals surface area contributed by atoms with Crippen LogP contribution in [0.4, 0.5) is 0 Å². The maximum Gasteiger partial charge on any atom is 0.326 e. The van der Waals surface area contributed by atoms with Gasteiger partial charge in [0.2, 0.25) is 5.91 Å². The molecule has 0 bridgehead atoms. The van der Waals surface area contributed by atoms with Gasteiger partial charge in [-0.15, -0.1) is 0 Å². The summed E-state index contributed by atoms with van der Waals surface area (Å²) in [5.41, 5.74) is 0. The monoisotopic (exact) mass is 297 g/mol. The van der Waals surface area contributed by atoms with Crippen molar-refractivity contribution >= 4 is 11.9 Å². The number of carboxylic acids is 1. The highest BCUT2D eigenvalue weighted by atomic mass is 16.4. The van der Waals surface area contributed by atoms with Gasteiger partial charge < -0.3 is 10.4 Å². The van der Waals surface area contributed by atoms with Gasteiger partial charge in [0.05, 0.1) is 0 Å². The van der Waals surface area contributed by atoms with Gasteiger partial charge in [-0.3, -0.25) is 4.79 Å². The van der Waals surface area contributed by atoms with E-state index in [2.05, 4.69) is 12.2 Å². The quantitative estimate of drug-likeness (QED) is 0.601. The Hall–Kier alpha value is -1.06. The van der Waals surface area contributed by atoms with Gasteiger partial charge in [0.15, 0.2) is 0 Å². The van der Waals surface area contributed by atoms with Crippen LogP contribution in [0.15, 0.2) is 0 Å². The molecule has 0 aromatic rings. The first-order valence-electron chi connectivity index (χ1n) is 8.68. The van der Waals surface area contributed by atoms with Crippen molar-refractivity contribution in [3.8, 4) is 0 Å². The van der Waals surface area contributed by atoms with Crippen LogP contribution in [0.3, 0.4) is 0 Å². The number of carbonyl (C=O) groups is 2. The van der Waals surface area contributed by atoms with E-state index < -0.39 is 12.0 Å². The van der Waals surface area contributed by atoms with Crippen molar-refractivity contribution < 1.29 is 14.7 Å². The second-order valence-electron chi connectivity index (χ2n) is 6.29. The zero-order chi connectivity index (χ0) is 15.5. The van der Waals surface area contributed by atoms with Gasteiger partial charge >= 0.3 is 5.97 Å². The minimum Gasteiger partial charge on any atom is -0.480 e. The number of aliphatic carboxylic acids is 1. The summed E-state index contributed by atoms with van der Waals surface area (Å²) >= 11 is 0. The predicted octanol–water partition coefficient (Wildman–Crippen LogP) is 3.89. The first-order chi connectivity index (χ1) is 10.1. The fourth-order valence-electron chi connectivity index (χ4n) is 3.04. The van der Waals surface area contributed by atoms with Crippen LogP contribution in [0.25, 0.3) is 0 Å². The highest BCUT2D eigenvalue weighted by Gasteiger charge is 2.25. The van der Waals surface area contributed by atoms with Crippen LogP contribution in [-0.2, 0) is 9.59 Å². The average Bonchev–Trinajstić information content (AvgIpc) is 2.50. The van der Waals surface area contributed by atoms with E-state index in [1.54, 1.807) is 0 Å². The summed E-state index contributed by atoms with van der Waals surface area (Å²) in [5.74, 6) is -0.911. The lowest BCUT2D eigenvalue weighted by Gasteiger charge is -2.23. The Bertz CT molecular complexity index is 311. The molecule has 1 atom stereocenters. The predicted molar refractivity (Wildman–Crippen MR) is 84.1 cm³/mol. The molecule has 1 saturated carbocycles. The fraction of sp³-hybridized carbons (Fsp3) is 0.882. The second-order valence-corrected chi connectivity index (χ2v) is 6.29. The van der Waals surface area contributed by atoms with Crippen molar-refractivity contribution in [2.45, 2.75) is 90.0 Å². The summed E-state index contributed by atoms with van der Waals surface area (Å²) in [6.45, 7) is 2.18. The van der Waals surface area contributed by atoms with E-state index in [-0.39, 0.29) is 11.8 Å². The topological polar surface area (TPSA) is 66.4 Å². The summed E-state index contributed by atoms with van der Waals surface area (Å²) in [7, 11) is 0. The molecule has 0 radical (unpaired) electrons. The molecule has 1 fully saturated rings. The Balaban J connectivity index is 2.25. The molecule has 122 valence electrons. The Kier molecular flexibility index (Phi) is 9.11. The second kappa shape index (κ2) is 10.6. The van der Waals surface area contributed by atoms with E-state index in [1.807, 2.05) is 0 Å². The molecule has 0 heterocycles. The summed E-state index contributed by atoms with van der Waals surface area (Å²) in [6, 6.07) is -0.703. The lowest BCUT2D eigenvalue weighted by molar-refractivity contribution is -0.142. The molecule has 0 unspecified atom stereocenters. The standard InChI is InChI=1S/C17H31NO3/c1-2-3-4-5-6-10-13-15(17(20)21)18-16(19)14-11-8-7-9-12-14/h14-15H,2-13H2,1H3,(H,18,19)(H,20,21)/t15-/m0/s1. The molecule has 1 amide bonds. The Labute approximate surface area is 128 Å². The summed E-state index contributed by atoms with van der Waals surface area (Å²) in [6.07, 6.45) is 12.6. The Morgan fingerprint density at radius 3 is 2.29 bits per heavy atom. The molecule has 4 nitrogen and oxygen atoms in total. The van der Waals surface area contributed by atoms with Gasteiger partial charge in [0.1, 0.15) is 6.04 Å². The fourth-order valence-corrected chi connectivity index (χ4v) is 3.04. The maximum absolute atomic E-state index is 12.1. The molecule has 0 aromatic carbocycles. The van der Waals surface area contributed by atoms with Crippen molar-refractivity contribution in [1.29, 1.82) is 0 Å². The first-order valence-corrected chi connectivity index (χ1v) is 8.68. The number of hydrogen-bond acceptors (Lipinski definition) is 2. The van der Waals surface area contributed by atoms with E-state index in [0.29, 0.717) is 6.42 Å². The van der Waals surface area contributed by atoms with Crippen LogP contribution in [-0.4, -0.2) is 23.0 Å². The molecule has 1 aliphatic rings. The maximum atomic E-state index is 12.1. The molecular weight excluding hydrogens is 266 g/mol. The molecular formula is C17H31NO3. The molecule has 21 heavy (non-hydrogen) atoms. The van der Waals surface area contributed by atoms with Crippen LogP contribution in [0.1, 0.15) is 84.0 Å². The van der Waals surface area contributed by atoms with Crippen molar-refractivity contribution in [3.05, 3.63) is 0 Å². The highest BCUT2D eigenvalue weighted by Crippen LogP contribution is 2.24. The first kappa shape index (κ1) is 18.0. The Morgan fingerprint density at radius 1 is 1.05 bits per heavy atom. The van der Waals surface area contributed by atoms with E-state index >= 15 is 0 Å². The SMILES string of the molecule is CCCCCCCC[C@H](NC(=O)C1CCCCC1)C(=O)O. The minimum absolute atomic E-state index is 0.0326. The van der Waals surface area contributed by atoms with Crippen LogP contribution >= 0.6 is 0 Å². The van der Waals surface area contributed by atoms with Gasteiger partial charge in [-0.25, -0.2) is 4.79 Å². The smallest absolute Gasteiger partial charge is 0.326 e. The lowest BCUT2D eigenvalue weighted by atomic mass is 9.88. The number of hydrogen-bond donors (Lipinski definition) is 2. The third-order valence-electron chi connectivity index (χ3n) is 4.44. The highest BCUT2D eigenvalue weighted by molar-refractivity contribution is 5.84. The van der Waals surface area contributed by atoms with E-state index in [1.165, 1.54) is 25.7 Å². The number of nitrogens with one attached hydrogen (secondary N) is 1. The molecule has 1 rings (SSSR count). The number of rotatable bonds is 10. The van der Waals surface area contributed by atoms with Crippen LogP contribution in [0.2, 0.25) is 0 Å². The van der Waals surface area contributed by atoms with Crippen molar-refractivity contribution in [3.63, 3.8) is 0 Å². The van der Waals surface area contributed by atoms with Gasteiger partial charge in [-0.05, 0) is 19.3 Å². The number of unbranched alkanes of at least 4 members (excludes halogenated alkanes) is 5. The van der Waals surface area contributed by atoms with E-state index in [9.17, 15) is 14.7 Å². The van der Waals surface area contributed by atoms with Crippen LogP contribution in [0, 0.1) is 5.92 Å². The van der Waals surface area contributed by atoms with Crippen LogP contribution in [0.5, 0.6) is 0 Å². The van der Waals surface area contributed by atoms with Gasteiger partial charge in [-0.1, -0.05) is 64.7 Å². The normalized spacial score (nSPS) is 17.4. The summed E-state index contributed by atoms with van der Waals surface area (Å²) < 4.78 is 0. The van der Waals surface area contributed by atoms with Gasteiger partial charge in [-0.2, -0.15) is 0 Å². The molecule has 2 N–H and O–H groups in total. The van der Waals surface area contributed by atoms with Crippen molar-refractivity contribution in [2.24, 2.45) is 5.92 Å². The number of amides is 1. The number of carboxylic acid groups (broad SMARTS) is 1. The number of carbonyl (C=O) groups excluding carboxylic acids is 1. The van der Waals surface area contributed by atoms with Crippen LogP contribution < -0.4 is 5.32 Å². The Morgan fingerprint density at radius 2 is 1.67 bits per heavy atom. The zero-order valence-electron chi connectivity index (χ0n) is 13.4. The van der Waals surface area contributed by atoms with Gasteiger partial charge in [0.25, 0.3) is 0 Å². The largest absolute Gasteiger partial charge is 0.480 e. The lowest BCUT2D eigenvalue weighted by Crippen LogP contribution is -2.44. The molecule has 0 spiro atoms. The summed E-state index contributed by atoms with van der Waals surface area (Å²) in [5, 5.41) is 12.0. The molecule has 4 heteroatoms. The van der Waals surface area contributed by atoms with E-state index in [4.69, 9.17) is 0 Å². The average molecular weight is 297 g/mol. The summed E-state index contributed by atoms with van der Waals surface area (Å²) in [4.78, 5) is 23.4. The third-order valence-corrected chi connectivity index (χ3v) is 4.44. The zero-order valence-corrected chi connectivity index (χ0v) is 13.4. The molecule has 1 aliphatic carbocycles.